The molecule has 0 N–H and O–H groups in total. The van der Waals surface area contributed by atoms with Crippen molar-refractivity contribution in [1.82, 2.24) is 14.9 Å². The van der Waals surface area contributed by atoms with E-state index in [-0.39, 0.29) is 17.9 Å². The standard InChI is InChI=1S/C25H32N4O3/c1-18-20-17-23(31)29(15-8-11-19-9-4-3-5-10-19)25(20)27-24(26-18)21-12-6-7-14-28(21)22(30)13-16-32-2/h3-5,9-10,21H,6-8,11-17H2,1-2H3/t21-/m1/s1. The summed E-state index contributed by atoms with van der Waals surface area (Å²) in [4.78, 5) is 38.9. The molecule has 0 unspecified atom stereocenters. The molecule has 2 aromatic rings. The molecule has 1 fully saturated rings. The summed E-state index contributed by atoms with van der Waals surface area (Å²) in [5, 5.41) is 0. The predicted molar refractivity (Wildman–Crippen MR) is 122 cm³/mol. The van der Waals surface area contributed by atoms with Crippen LogP contribution in [0.4, 0.5) is 5.82 Å². The van der Waals surface area contributed by atoms with Crippen LogP contribution < -0.4 is 4.90 Å². The summed E-state index contributed by atoms with van der Waals surface area (Å²) in [5.74, 6) is 1.56. The van der Waals surface area contributed by atoms with Gasteiger partial charge in [-0.2, -0.15) is 0 Å². The first-order chi connectivity index (χ1) is 15.6. The van der Waals surface area contributed by atoms with Crippen LogP contribution in [0.2, 0.25) is 0 Å². The molecule has 4 rings (SSSR count). The molecule has 1 aromatic heterocycles. The number of amides is 2. The fourth-order valence-electron chi connectivity index (χ4n) is 4.69. The van der Waals surface area contributed by atoms with Crippen molar-refractivity contribution in [3.05, 3.63) is 53.0 Å². The number of likely N-dealkylation sites (tertiary alicyclic amines) is 1. The molecule has 2 amide bonds. The number of benzene rings is 1. The van der Waals surface area contributed by atoms with Gasteiger partial charge in [-0.05, 0) is 44.6 Å². The molecule has 1 aromatic carbocycles. The Morgan fingerprint density at radius 3 is 2.78 bits per heavy atom. The molecular weight excluding hydrogens is 404 g/mol. The Labute approximate surface area is 189 Å². The molecule has 32 heavy (non-hydrogen) atoms. The quantitative estimate of drug-likeness (QED) is 0.634. The van der Waals surface area contributed by atoms with Gasteiger partial charge in [0.1, 0.15) is 5.82 Å². The van der Waals surface area contributed by atoms with E-state index in [9.17, 15) is 9.59 Å². The SMILES string of the molecule is COCCC(=O)N1CCCC[C@@H]1c1nc(C)c2c(n1)N(CCCc1ccccc1)C(=O)C2. The number of hydrogen-bond donors (Lipinski definition) is 0. The van der Waals surface area contributed by atoms with Gasteiger partial charge in [0.2, 0.25) is 11.8 Å². The molecule has 0 bridgehead atoms. The molecule has 1 atom stereocenters. The molecule has 3 heterocycles. The van der Waals surface area contributed by atoms with Crippen LogP contribution in [0.5, 0.6) is 0 Å². The molecule has 0 spiro atoms. The summed E-state index contributed by atoms with van der Waals surface area (Å²) >= 11 is 0. The molecule has 2 aliphatic rings. The first-order valence-electron chi connectivity index (χ1n) is 11.6. The number of aryl methyl sites for hydroxylation is 2. The maximum absolute atomic E-state index is 12.8. The minimum atomic E-state index is -0.140. The van der Waals surface area contributed by atoms with Gasteiger partial charge in [-0.1, -0.05) is 30.3 Å². The van der Waals surface area contributed by atoms with E-state index in [4.69, 9.17) is 14.7 Å². The highest BCUT2D eigenvalue weighted by atomic mass is 16.5. The smallest absolute Gasteiger partial charge is 0.232 e. The summed E-state index contributed by atoms with van der Waals surface area (Å²) in [7, 11) is 1.61. The van der Waals surface area contributed by atoms with Crippen LogP contribution >= 0.6 is 0 Å². The number of ether oxygens (including phenoxy) is 1. The number of rotatable bonds is 8. The topological polar surface area (TPSA) is 75.6 Å². The third kappa shape index (κ3) is 4.83. The van der Waals surface area contributed by atoms with Crippen LogP contribution in [-0.2, 0) is 27.2 Å². The van der Waals surface area contributed by atoms with Gasteiger partial charge < -0.3 is 9.64 Å². The summed E-state index contributed by atoms with van der Waals surface area (Å²) in [5.41, 5.74) is 3.04. The Morgan fingerprint density at radius 1 is 1.19 bits per heavy atom. The molecule has 0 saturated carbocycles. The van der Waals surface area contributed by atoms with E-state index in [1.165, 1.54) is 5.56 Å². The van der Waals surface area contributed by atoms with Crippen molar-refractivity contribution in [1.29, 1.82) is 0 Å². The fourth-order valence-corrected chi connectivity index (χ4v) is 4.69. The second-order valence-corrected chi connectivity index (χ2v) is 8.62. The molecule has 7 heteroatoms. The van der Waals surface area contributed by atoms with Gasteiger partial charge in [-0.25, -0.2) is 9.97 Å². The fraction of sp³-hybridized carbons (Fsp3) is 0.520. The minimum Gasteiger partial charge on any atom is -0.384 e. The second-order valence-electron chi connectivity index (χ2n) is 8.62. The number of nitrogens with zero attached hydrogens (tertiary/aromatic N) is 4. The van der Waals surface area contributed by atoms with Crippen LogP contribution in [0.1, 0.15) is 60.8 Å². The number of fused-ring (bicyclic) bond motifs is 1. The van der Waals surface area contributed by atoms with E-state index in [0.29, 0.717) is 38.4 Å². The van der Waals surface area contributed by atoms with E-state index >= 15 is 0 Å². The largest absolute Gasteiger partial charge is 0.384 e. The van der Waals surface area contributed by atoms with Crippen LogP contribution in [0, 0.1) is 6.92 Å². The van der Waals surface area contributed by atoms with E-state index in [1.54, 1.807) is 7.11 Å². The summed E-state index contributed by atoms with van der Waals surface area (Å²) in [6.45, 7) is 3.71. The number of aromatic nitrogens is 2. The molecule has 1 saturated heterocycles. The first-order valence-corrected chi connectivity index (χ1v) is 11.6. The molecule has 7 nitrogen and oxygen atoms in total. The number of piperidine rings is 1. The van der Waals surface area contributed by atoms with Gasteiger partial charge in [0.25, 0.3) is 0 Å². The first kappa shape index (κ1) is 22.4. The molecule has 0 radical (unpaired) electrons. The number of methoxy groups -OCH3 is 1. The molecule has 2 aliphatic heterocycles. The Morgan fingerprint density at radius 2 is 2.00 bits per heavy atom. The lowest BCUT2D eigenvalue weighted by Crippen LogP contribution is -2.40. The maximum Gasteiger partial charge on any atom is 0.232 e. The van der Waals surface area contributed by atoms with Crippen LogP contribution in [-0.4, -0.2) is 53.5 Å². The van der Waals surface area contributed by atoms with E-state index in [1.807, 2.05) is 34.9 Å². The summed E-state index contributed by atoms with van der Waals surface area (Å²) in [6, 6.07) is 10.2. The zero-order chi connectivity index (χ0) is 22.5. The average Bonchev–Trinajstić information content (AvgIpc) is 3.14. The average molecular weight is 437 g/mol. The lowest BCUT2D eigenvalue weighted by atomic mass is 10.0. The van der Waals surface area contributed by atoms with Crippen LogP contribution in [0.3, 0.4) is 0 Å². The monoisotopic (exact) mass is 436 g/mol. The normalized spacial score (nSPS) is 18.2. The zero-order valence-electron chi connectivity index (χ0n) is 19.0. The van der Waals surface area contributed by atoms with Crippen molar-refractivity contribution >= 4 is 17.6 Å². The number of anilines is 1. The van der Waals surface area contributed by atoms with Crippen molar-refractivity contribution in [3.8, 4) is 0 Å². The van der Waals surface area contributed by atoms with Crippen molar-refractivity contribution in [2.45, 2.75) is 57.9 Å². The zero-order valence-corrected chi connectivity index (χ0v) is 19.0. The third-order valence-corrected chi connectivity index (χ3v) is 6.43. The van der Waals surface area contributed by atoms with Crippen LogP contribution in [0.25, 0.3) is 0 Å². The lowest BCUT2D eigenvalue weighted by Gasteiger charge is -2.35. The van der Waals surface area contributed by atoms with E-state index in [0.717, 1.165) is 49.2 Å². The number of carbonyl (C=O) groups is 2. The van der Waals surface area contributed by atoms with Crippen molar-refractivity contribution in [2.75, 3.05) is 31.7 Å². The Kier molecular flexibility index (Phi) is 7.15. The second kappa shape index (κ2) is 10.2. The van der Waals surface area contributed by atoms with E-state index in [2.05, 4.69) is 12.1 Å². The highest BCUT2D eigenvalue weighted by molar-refractivity contribution is 6.00. The highest BCUT2D eigenvalue weighted by Gasteiger charge is 2.35. The van der Waals surface area contributed by atoms with Crippen LogP contribution in [0.15, 0.2) is 30.3 Å². The lowest BCUT2D eigenvalue weighted by molar-refractivity contribution is -0.136. The van der Waals surface area contributed by atoms with Gasteiger partial charge in [0.05, 0.1) is 25.5 Å². The van der Waals surface area contributed by atoms with Gasteiger partial charge >= 0.3 is 0 Å². The Balaban J connectivity index is 1.53. The predicted octanol–water partition coefficient (Wildman–Crippen LogP) is 3.40. The van der Waals surface area contributed by atoms with Crippen molar-refractivity contribution in [2.24, 2.45) is 0 Å². The minimum absolute atomic E-state index is 0.0779. The van der Waals surface area contributed by atoms with Gasteiger partial charge in [0.15, 0.2) is 5.82 Å². The molecule has 170 valence electrons. The molecular formula is C25H32N4O3. The van der Waals surface area contributed by atoms with Gasteiger partial charge in [-0.15, -0.1) is 0 Å². The number of hydrogen-bond acceptors (Lipinski definition) is 5. The highest BCUT2D eigenvalue weighted by Crippen LogP contribution is 2.34. The summed E-state index contributed by atoms with van der Waals surface area (Å²) in [6.07, 6.45) is 5.38. The van der Waals surface area contributed by atoms with E-state index < -0.39 is 0 Å². The Bertz CT molecular complexity index is 963. The van der Waals surface area contributed by atoms with Gasteiger partial charge in [-0.3, -0.25) is 14.5 Å². The number of carbonyl (C=O) groups excluding carboxylic acids is 2. The van der Waals surface area contributed by atoms with Crippen molar-refractivity contribution in [3.63, 3.8) is 0 Å². The molecule has 0 aliphatic carbocycles. The maximum atomic E-state index is 12.8. The Hall–Kier alpha value is -2.80. The third-order valence-electron chi connectivity index (χ3n) is 6.43. The summed E-state index contributed by atoms with van der Waals surface area (Å²) < 4.78 is 5.10. The van der Waals surface area contributed by atoms with Crippen molar-refractivity contribution < 1.29 is 14.3 Å². The van der Waals surface area contributed by atoms with Gasteiger partial charge in [0, 0.05) is 31.5 Å².